The van der Waals surface area contributed by atoms with Gasteiger partial charge in [0.2, 0.25) is 0 Å². The summed E-state index contributed by atoms with van der Waals surface area (Å²) in [5, 5.41) is 0. The molecule has 0 N–H and O–H groups in total. The van der Waals surface area contributed by atoms with Gasteiger partial charge in [-0.05, 0) is 89.9 Å². The van der Waals surface area contributed by atoms with Gasteiger partial charge in [-0.3, -0.25) is 14.4 Å². The third-order valence-corrected chi connectivity index (χ3v) is 13.9. The number of ether oxygens (including phenoxy) is 3. The van der Waals surface area contributed by atoms with E-state index < -0.39 is 6.10 Å². The van der Waals surface area contributed by atoms with E-state index in [1.54, 1.807) is 0 Å². The van der Waals surface area contributed by atoms with Crippen molar-refractivity contribution in [3.8, 4) is 0 Å². The first kappa shape index (κ1) is 71.6. The molecule has 0 amide bonds. The highest BCUT2D eigenvalue weighted by Gasteiger charge is 2.19. The van der Waals surface area contributed by atoms with Crippen LogP contribution in [0.25, 0.3) is 0 Å². The highest BCUT2D eigenvalue weighted by atomic mass is 16.6. The van der Waals surface area contributed by atoms with Gasteiger partial charge in [-0.2, -0.15) is 0 Å². The zero-order chi connectivity index (χ0) is 54.3. The molecule has 432 valence electrons. The summed E-state index contributed by atoms with van der Waals surface area (Å²) in [6.07, 6.45) is 83.0. The zero-order valence-corrected chi connectivity index (χ0v) is 49.6. The summed E-state index contributed by atoms with van der Waals surface area (Å²) in [6.45, 7) is 6.45. The van der Waals surface area contributed by atoms with E-state index in [0.29, 0.717) is 19.3 Å². The normalized spacial score (nSPS) is 12.6. The van der Waals surface area contributed by atoms with E-state index in [1.807, 2.05) is 0 Å². The molecular formula is C69H120O6. The van der Waals surface area contributed by atoms with Crippen LogP contribution in [0.2, 0.25) is 0 Å². The van der Waals surface area contributed by atoms with Crippen LogP contribution in [0.3, 0.4) is 0 Å². The Kier molecular flexibility index (Phi) is 60.3. The molecule has 0 aromatic heterocycles. The summed E-state index contributed by atoms with van der Waals surface area (Å²) < 4.78 is 16.9. The second-order valence-electron chi connectivity index (χ2n) is 21.3. The van der Waals surface area contributed by atoms with Crippen LogP contribution in [0, 0.1) is 0 Å². The number of rotatable bonds is 58. The van der Waals surface area contributed by atoms with Crippen LogP contribution in [-0.4, -0.2) is 37.2 Å². The summed E-state index contributed by atoms with van der Waals surface area (Å²) in [7, 11) is 0. The maximum absolute atomic E-state index is 12.9. The van der Waals surface area contributed by atoms with Crippen LogP contribution in [0.5, 0.6) is 0 Å². The fourth-order valence-corrected chi connectivity index (χ4v) is 9.16. The Bertz CT molecular complexity index is 1430. The maximum Gasteiger partial charge on any atom is 0.306 e. The predicted molar refractivity (Wildman–Crippen MR) is 325 cm³/mol. The number of allylic oxidation sites excluding steroid dienone is 14. The zero-order valence-electron chi connectivity index (χ0n) is 49.6. The second kappa shape index (κ2) is 63.1. The Morgan fingerprint density at radius 1 is 0.280 bits per heavy atom. The largest absolute Gasteiger partial charge is 0.462 e. The topological polar surface area (TPSA) is 78.9 Å². The van der Waals surface area contributed by atoms with Gasteiger partial charge in [0.15, 0.2) is 6.10 Å². The van der Waals surface area contributed by atoms with Gasteiger partial charge in [-0.15, -0.1) is 0 Å². The molecule has 6 nitrogen and oxygen atoms in total. The van der Waals surface area contributed by atoms with Crippen LogP contribution in [0.15, 0.2) is 85.1 Å². The van der Waals surface area contributed by atoms with Crippen molar-refractivity contribution in [2.75, 3.05) is 13.2 Å². The molecule has 0 aliphatic heterocycles. The molecule has 1 unspecified atom stereocenters. The molecular weight excluding hydrogens is 925 g/mol. The minimum atomic E-state index is -0.784. The Morgan fingerprint density at radius 3 is 0.813 bits per heavy atom. The number of carbonyl (C=O) groups excluding carboxylic acids is 3. The molecule has 0 aliphatic rings. The third kappa shape index (κ3) is 61.3. The summed E-state index contributed by atoms with van der Waals surface area (Å²) in [5.41, 5.74) is 0. The molecule has 0 saturated heterocycles. The van der Waals surface area contributed by atoms with E-state index in [-0.39, 0.29) is 31.1 Å². The third-order valence-electron chi connectivity index (χ3n) is 13.9. The first-order chi connectivity index (χ1) is 37.0. The van der Waals surface area contributed by atoms with Gasteiger partial charge in [0.1, 0.15) is 13.2 Å². The van der Waals surface area contributed by atoms with Crippen LogP contribution in [-0.2, 0) is 28.6 Å². The average molecular weight is 1050 g/mol. The molecule has 0 radical (unpaired) electrons. The van der Waals surface area contributed by atoms with Crippen molar-refractivity contribution in [2.24, 2.45) is 0 Å². The predicted octanol–water partition coefficient (Wildman–Crippen LogP) is 21.9. The molecule has 0 aromatic carbocycles. The van der Waals surface area contributed by atoms with Crippen molar-refractivity contribution in [3.63, 3.8) is 0 Å². The SMILES string of the molecule is CC/C=C\C/C=C\C/C=C\C/C=C\CCCCCCCCCCC(=O)OCC(COC(=O)CCCCCCCCC/C=C\C/C=C\C/C=C\CC)OC(=O)CCCCCCCCCCCCCCCCCCCCC. The average Bonchev–Trinajstić information content (AvgIpc) is 3.41. The van der Waals surface area contributed by atoms with Crippen LogP contribution in [0.1, 0.15) is 316 Å². The highest BCUT2D eigenvalue weighted by molar-refractivity contribution is 5.71. The minimum Gasteiger partial charge on any atom is -0.462 e. The summed E-state index contributed by atoms with van der Waals surface area (Å²) in [4.78, 5) is 38.4. The molecule has 0 fully saturated rings. The van der Waals surface area contributed by atoms with Crippen molar-refractivity contribution in [3.05, 3.63) is 85.1 Å². The molecule has 0 bridgehead atoms. The second-order valence-corrected chi connectivity index (χ2v) is 21.3. The van der Waals surface area contributed by atoms with Crippen molar-refractivity contribution in [1.29, 1.82) is 0 Å². The van der Waals surface area contributed by atoms with Gasteiger partial charge < -0.3 is 14.2 Å². The van der Waals surface area contributed by atoms with Crippen molar-refractivity contribution < 1.29 is 28.6 Å². The molecule has 1 atom stereocenters. The first-order valence-corrected chi connectivity index (χ1v) is 32.1. The van der Waals surface area contributed by atoms with E-state index in [1.165, 1.54) is 161 Å². The molecule has 0 aromatic rings. The number of hydrogen-bond acceptors (Lipinski definition) is 6. The Hall–Kier alpha value is -3.41. The van der Waals surface area contributed by atoms with E-state index in [2.05, 4.69) is 106 Å². The standard InChI is InChI=1S/C69H120O6/c1-4-7-10-13-16-19-22-25-28-31-33-34-36-38-41-44-47-50-53-56-59-62-68(71)74-65-66(64-73-67(70)61-58-55-52-49-46-43-40-37-30-27-24-21-18-15-12-9-6-3)75-69(72)63-60-57-54-51-48-45-42-39-35-32-29-26-23-20-17-14-11-8-5-2/h7,9-10,12,16,18-19,21,25,27-28,30,33-34,66H,4-6,8,11,13-15,17,20,22-24,26,29,31-32,35-65H2,1-3H3/b10-7-,12-9-,19-16-,21-18-,28-25-,30-27-,34-33-. The summed E-state index contributed by atoms with van der Waals surface area (Å²) in [6, 6.07) is 0. The fourth-order valence-electron chi connectivity index (χ4n) is 9.16. The van der Waals surface area contributed by atoms with Gasteiger partial charge >= 0.3 is 17.9 Å². The first-order valence-electron chi connectivity index (χ1n) is 32.1. The van der Waals surface area contributed by atoms with Crippen molar-refractivity contribution >= 4 is 17.9 Å². The number of esters is 3. The van der Waals surface area contributed by atoms with Gasteiger partial charge in [0.25, 0.3) is 0 Å². The van der Waals surface area contributed by atoms with Crippen molar-refractivity contribution in [2.45, 2.75) is 322 Å². The Labute approximate surface area is 465 Å². The van der Waals surface area contributed by atoms with Gasteiger partial charge in [0, 0.05) is 19.3 Å². The molecule has 0 heterocycles. The molecule has 6 heteroatoms. The lowest BCUT2D eigenvalue weighted by Gasteiger charge is -2.18. The lowest BCUT2D eigenvalue weighted by molar-refractivity contribution is -0.167. The molecule has 0 aliphatic carbocycles. The summed E-state index contributed by atoms with van der Waals surface area (Å²) in [5.74, 6) is -0.883. The van der Waals surface area contributed by atoms with Gasteiger partial charge in [0.05, 0.1) is 0 Å². The Balaban J connectivity index is 4.38. The maximum atomic E-state index is 12.9. The van der Waals surface area contributed by atoms with E-state index in [4.69, 9.17) is 14.2 Å². The number of hydrogen-bond donors (Lipinski definition) is 0. The molecule has 0 saturated carbocycles. The fraction of sp³-hybridized carbons (Fsp3) is 0.754. The van der Waals surface area contributed by atoms with E-state index in [9.17, 15) is 14.4 Å². The quantitative estimate of drug-likeness (QED) is 0.0261. The van der Waals surface area contributed by atoms with E-state index >= 15 is 0 Å². The monoisotopic (exact) mass is 1040 g/mol. The van der Waals surface area contributed by atoms with Crippen LogP contribution in [0.4, 0.5) is 0 Å². The van der Waals surface area contributed by atoms with Crippen LogP contribution >= 0.6 is 0 Å². The summed E-state index contributed by atoms with van der Waals surface area (Å²) >= 11 is 0. The van der Waals surface area contributed by atoms with Crippen molar-refractivity contribution in [1.82, 2.24) is 0 Å². The molecule has 75 heavy (non-hydrogen) atoms. The van der Waals surface area contributed by atoms with Gasteiger partial charge in [-0.1, -0.05) is 292 Å². The number of unbranched alkanes of at least 4 members (excludes halogenated alkanes) is 33. The minimum absolute atomic E-state index is 0.0816. The lowest BCUT2D eigenvalue weighted by Crippen LogP contribution is -2.30. The highest BCUT2D eigenvalue weighted by Crippen LogP contribution is 2.17. The van der Waals surface area contributed by atoms with E-state index in [0.717, 1.165) is 116 Å². The number of carbonyl (C=O) groups is 3. The molecule has 0 rings (SSSR count). The Morgan fingerprint density at radius 2 is 0.520 bits per heavy atom. The lowest BCUT2D eigenvalue weighted by atomic mass is 10.0. The molecule has 0 spiro atoms. The van der Waals surface area contributed by atoms with Crippen LogP contribution < -0.4 is 0 Å². The smallest absolute Gasteiger partial charge is 0.306 e. The van der Waals surface area contributed by atoms with Gasteiger partial charge in [-0.25, -0.2) is 0 Å².